The fourth-order valence-electron chi connectivity index (χ4n) is 3.58. The van der Waals surface area contributed by atoms with Gasteiger partial charge in [0.15, 0.2) is 0 Å². The van der Waals surface area contributed by atoms with Crippen LogP contribution in [0, 0.1) is 6.92 Å². The molecule has 0 fully saturated rings. The number of nitrogens with zero attached hydrogens (tertiary/aromatic N) is 6. The van der Waals surface area contributed by atoms with Crippen molar-refractivity contribution in [3.05, 3.63) is 64.9 Å². The first-order chi connectivity index (χ1) is 16.5. The molecule has 0 spiro atoms. The Hall–Kier alpha value is -3.86. The molecule has 10 nitrogen and oxygen atoms in total. The summed E-state index contributed by atoms with van der Waals surface area (Å²) in [5, 5.41) is 18.5. The van der Waals surface area contributed by atoms with Crippen molar-refractivity contribution in [1.29, 1.82) is 0 Å². The van der Waals surface area contributed by atoms with E-state index in [-0.39, 0.29) is 24.7 Å². The summed E-state index contributed by atoms with van der Waals surface area (Å²) in [5.74, 6) is -0.921. The Morgan fingerprint density at radius 3 is 2.82 bits per heavy atom. The molecule has 176 valence electrons. The van der Waals surface area contributed by atoms with E-state index in [1.165, 1.54) is 23.3 Å². The lowest BCUT2D eigenvalue weighted by Crippen LogP contribution is -2.28. The lowest BCUT2D eigenvalue weighted by atomic mass is 10.1. The number of unbranched alkanes of at least 4 members (excludes halogenated alkanes) is 1. The molecule has 1 amide bonds. The summed E-state index contributed by atoms with van der Waals surface area (Å²) in [7, 11) is 0. The standard InChI is InChI=1S/C23H25N7O3S/c1-3-4-6-17-16(21(31)25-8-9-29-14-24-13-18(29)22(32)33)12-27-30(17)23-26-11-15(2)20(28-23)19-7-5-10-34-19/h5,7,10-14H,3-4,6,8-9H2,1-2H3,(H,25,31)(H,32,33). The number of carbonyl (C=O) groups excluding carboxylic acids is 1. The topological polar surface area (TPSA) is 128 Å². The summed E-state index contributed by atoms with van der Waals surface area (Å²) in [6.45, 7) is 4.59. The van der Waals surface area contributed by atoms with Crippen LogP contribution in [-0.4, -0.2) is 52.8 Å². The first kappa shape index (κ1) is 23.3. The van der Waals surface area contributed by atoms with E-state index in [1.54, 1.807) is 22.2 Å². The first-order valence-electron chi connectivity index (χ1n) is 11.0. The number of rotatable bonds is 10. The van der Waals surface area contributed by atoms with Gasteiger partial charge in [-0.05, 0) is 36.8 Å². The predicted molar refractivity (Wildman–Crippen MR) is 127 cm³/mol. The third-order valence-electron chi connectivity index (χ3n) is 5.35. The minimum Gasteiger partial charge on any atom is -0.477 e. The Balaban J connectivity index is 1.57. The summed E-state index contributed by atoms with van der Waals surface area (Å²) in [6, 6.07) is 3.99. The number of aromatic nitrogens is 6. The summed E-state index contributed by atoms with van der Waals surface area (Å²) >= 11 is 1.61. The monoisotopic (exact) mass is 479 g/mol. The zero-order valence-corrected chi connectivity index (χ0v) is 19.7. The number of imidazole rings is 1. The minimum atomic E-state index is -1.06. The van der Waals surface area contributed by atoms with Crippen molar-refractivity contribution in [3.8, 4) is 16.5 Å². The second-order valence-electron chi connectivity index (χ2n) is 7.73. The maximum absolute atomic E-state index is 13.0. The molecule has 0 aromatic carbocycles. The summed E-state index contributed by atoms with van der Waals surface area (Å²) in [5.41, 5.74) is 3.08. The van der Waals surface area contributed by atoms with Crippen LogP contribution in [0.15, 0.2) is 42.4 Å². The molecule has 4 heterocycles. The number of carboxylic acid groups (broad SMARTS) is 1. The predicted octanol–water partition coefficient (Wildman–Crippen LogP) is 3.37. The molecule has 0 unspecified atom stereocenters. The maximum atomic E-state index is 13.0. The first-order valence-corrected chi connectivity index (χ1v) is 11.8. The van der Waals surface area contributed by atoms with E-state index in [4.69, 9.17) is 4.98 Å². The molecule has 4 aromatic heterocycles. The number of carboxylic acids is 1. The Bertz CT molecular complexity index is 1290. The van der Waals surface area contributed by atoms with Gasteiger partial charge in [-0.15, -0.1) is 11.3 Å². The van der Waals surface area contributed by atoms with Crippen LogP contribution in [0.1, 0.15) is 51.9 Å². The molecule has 11 heteroatoms. The zero-order valence-electron chi connectivity index (χ0n) is 18.9. The van der Waals surface area contributed by atoms with Crippen molar-refractivity contribution < 1.29 is 14.7 Å². The molecular formula is C23H25N7O3S. The smallest absolute Gasteiger partial charge is 0.354 e. The minimum absolute atomic E-state index is 0.0729. The summed E-state index contributed by atoms with van der Waals surface area (Å²) in [4.78, 5) is 38.3. The Labute approximate surface area is 200 Å². The van der Waals surface area contributed by atoms with Gasteiger partial charge in [-0.2, -0.15) is 5.10 Å². The van der Waals surface area contributed by atoms with Crippen molar-refractivity contribution in [2.75, 3.05) is 6.54 Å². The summed E-state index contributed by atoms with van der Waals surface area (Å²) < 4.78 is 3.12. The van der Waals surface area contributed by atoms with Gasteiger partial charge in [-0.25, -0.2) is 24.4 Å². The fourth-order valence-corrected chi connectivity index (χ4v) is 4.36. The number of hydrogen-bond donors (Lipinski definition) is 2. The van der Waals surface area contributed by atoms with Crippen LogP contribution >= 0.6 is 11.3 Å². The Kier molecular flexibility index (Phi) is 7.12. The van der Waals surface area contributed by atoms with E-state index < -0.39 is 5.97 Å². The average molecular weight is 480 g/mol. The maximum Gasteiger partial charge on any atom is 0.354 e. The second-order valence-corrected chi connectivity index (χ2v) is 8.68. The lowest BCUT2D eigenvalue weighted by molar-refractivity contribution is 0.0685. The number of amides is 1. The van der Waals surface area contributed by atoms with Gasteiger partial charge < -0.3 is 15.0 Å². The van der Waals surface area contributed by atoms with Gasteiger partial charge >= 0.3 is 5.97 Å². The number of thiophene rings is 1. The van der Waals surface area contributed by atoms with Crippen molar-refractivity contribution in [1.82, 2.24) is 34.6 Å². The van der Waals surface area contributed by atoms with Crippen LogP contribution in [0.4, 0.5) is 0 Å². The van der Waals surface area contributed by atoms with Crippen LogP contribution in [-0.2, 0) is 13.0 Å². The van der Waals surface area contributed by atoms with Crippen molar-refractivity contribution in [2.45, 2.75) is 39.7 Å². The van der Waals surface area contributed by atoms with E-state index in [0.717, 1.165) is 34.7 Å². The highest BCUT2D eigenvalue weighted by atomic mass is 32.1. The van der Waals surface area contributed by atoms with Gasteiger partial charge in [0, 0.05) is 19.3 Å². The molecule has 0 radical (unpaired) electrons. The number of aromatic carboxylic acids is 1. The Morgan fingerprint density at radius 1 is 1.24 bits per heavy atom. The van der Waals surface area contributed by atoms with Gasteiger partial charge in [0.1, 0.15) is 5.69 Å². The number of hydrogen-bond acceptors (Lipinski definition) is 7. The van der Waals surface area contributed by atoms with Gasteiger partial charge in [0.25, 0.3) is 11.9 Å². The van der Waals surface area contributed by atoms with Crippen molar-refractivity contribution in [3.63, 3.8) is 0 Å². The van der Waals surface area contributed by atoms with Gasteiger partial charge in [0.05, 0.1) is 40.5 Å². The van der Waals surface area contributed by atoms with Gasteiger partial charge in [-0.1, -0.05) is 19.4 Å². The molecular weight excluding hydrogens is 454 g/mol. The highest BCUT2D eigenvalue weighted by Gasteiger charge is 2.20. The lowest BCUT2D eigenvalue weighted by Gasteiger charge is -2.11. The molecule has 0 saturated carbocycles. The van der Waals surface area contributed by atoms with Crippen molar-refractivity contribution >= 4 is 23.2 Å². The average Bonchev–Trinajstić information content (AvgIpc) is 3.58. The van der Waals surface area contributed by atoms with E-state index in [9.17, 15) is 14.7 Å². The zero-order chi connectivity index (χ0) is 24.1. The van der Waals surface area contributed by atoms with Crippen LogP contribution in [0.5, 0.6) is 0 Å². The van der Waals surface area contributed by atoms with Gasteiger partial charge in [0.2, 0.25) is 0 Å². The van der Waals surface area contributed by atoms with E-state index in [0.29, 0.717) is 17.9 Å². The quantitative estimate of drug-likeness (QED) is 0.357. The molecule has 0 aliphatic carbocycles. The van der Waals surface area contributed by atoms with Gasteiger partial charge in [-0.3, -0.25) is 4.79 Å². The third kappa shape index (κ3) is 4.88. The molecule has 0 atom stereocenters. The van der Waals surface area contributed by atoms with E-state index >= 15 is 0 Å². The Morgan fingerprint density at radius 2 is 2.09 bits per heavy atom. The third-order valence-corrected chi connectivity index (χ3v) is 6.23. The molecule has 0 aliphatic heterocycles. The molecule has 0 aliphatic rings. The van der Waals surface area contributed by atoms with Crippen LogP contribution in [0.25, 0.3) is 16.5 Å². The number of aryl methyl sites for hydroxylation is 1. The summed E-state index contributed by atoms with van der Waals surface area (Å²) in [6.07, 6.45) is 8.51. The molecule has 2 N–H and O–H groups in total. The normalized spacial score (nSPS) is 11.0. The number of carbonyl (C=O) groups is 2. The largest absolute Gasteiger partial charge is 0.477 e. The number of nitrogens with one attached hydrogen (secondary N) is 1. The van der Waals surface area contributed by atoms with Crippen LogP contribution in [0.3, 0.4) is 0 Å². The highest BCUT2D eigenvalue weighted by molar-refractivity contribution is 7.13. The molecule has 4 aromatic rings. The van der Waals surface area contributed by atoms with E-state index in [1.807, 2.05) is 24.4 Å². The fraction of sp³-hybridized carbons (Fsp3) is 0.304. The molecule has 0 saturated heterocycles. The SMILES string of the molecule is CCCCc1c(C(=O)NCCn2cncc2C(=O)O)cnn1-c1ncc(C)c(-c2cccs2)n1. The molecule has 0 bridgehead atoms. The van der Waals surface area contributed by atoms with Crippen LogP contribution < -0.4 is 5.32 Å². The van der Waals surface area contributed by atoms with Crippen molar-refractivity contribution in [2.24, 2.45) is 0 Å². The molecule has 34 heavy (non-hydrogen) atoms. The van der Waals surface area contributed by atoms with E-state index in [2.05, 4.69) is 27.3 Å². The van der Waals surface area contributed by atoms with Crippen LogP contribution in [0.2, 0.25) is 0 Å². The highest BCUT2D eigenvalue weighted by Crippen LogP contribution is 2.26. The molecule has 4 rings (SSSR count). The second kappa shape index (κ2) is 10.4.